The zero-order valence-corrected chi connectivity index (χ0v) is 35.6. The van der Waals surface area contributed by atoms with E-state index in [-0.39, 0.29) is 13.2 Å². The van der Waals surface area contributed by atoms with Crippen LogP contribution in [-0.2, 0) is 58.8 Å². The fraction of sp³-hybridized carbons (Fsp3) is 0.250. The van der Waals surface area contributed by atoms with Crippen LogP contribution in [0.1, 0.15) is 61.1 Å². The monoisotopic (exact) mass is 868 g/mol. The molecule has 2 aliphatic heterocycles. The van der Waals surface area contributed by atoms with E-state index < -0.39 is 65.6 Å². The maximum Gasteiger partial charge on any atom is 0.408 e. The van der Waals surface area contributed by atoms with Crippen molar-refractivity contribution in [1.29, 1.82) is 0 Å². The van der Waals surface area contributed by atoms with Crippen molar-refractivity contribution in [1.82, 2.24) is 21.3 Å². The van der Waals surface area contributed by atoms with Crippen molar-refractivity contribution in [3.63, 3.8) is 0 Å². The standard InChI is InChI=1S/C48H48N6O10/c1-28(49-42(55)30(3)51-46(59)61-25-32-13-7-5-8-14-32)44(57)53-35-19-21-38-40(23-35)64-41-24-36(20-22-39(41)48(38)37-18-12-11-17-34(37)27-63-48)54-45(58)29(2)50-43(56)31(4)52-47(60)62-26-33-15-9-6-10-16-33/h5-24,28-31H,25-27H2,1-4H3,(H,49,55)(H,50,56)(H,51,59)(H,52,60)(H,53,57)(H,54,58)/t28-,29-,30-,31-/m0/s1. The van der Waals surface area contributed by atoms with Gasteiger partial charge >= 0.3 is 12.2 Å². The SMILES string of the molecule is C[C@H](NC(=O)OCc1ccccc1)C(=O)N[C@@H](C)C(=O)Nc1ccc2c(c1)Oc1cc(NC(=O)[C@H](C)NC(=O)[C@H](C)NC(=O)OCc3ccccc3)ccc1C21OCc2ccccc21. The van der Waals surface area contributed by atoms with E-state index in [2.05, 4.69) is 31.9 Å². The molecule has 0 saturated heterocycles. The van der Waals surface area contributed by atoms with Gasteiger partial charge in [-0.2, -0.15) is 0 Å². The number of benzene rings is 5. The number of anilines is 2. The molecular weight excluding hydrogens is 821 g/mol. The molecular formula is C48H48N6O10. The lowest BCUT2D eigenvalue weighted by Gasteiger charge is -2.37. The average Bonchev–Trinajstić information content (AvgIpc) is 3.67. The Kier molecular flexibility index (Phi) is 13.5. The van der Waals surface area contributed by atoms with Gasteiger partial charge in [0.2, 0.25) is 23.6 Å². The van der Waals surface area contributed by atoms with Gasteiger partial charge in [0, 0.05) is 34.6 Å². The Hall–Kier alpha value is -7.72. The Morgan fingerprint density at radius 3 is 1.41 bits per heavy atom. The molecule has 7 rings (SSSR count). The van der Waals surface area contributed by atoms with Crippen LogP contribution in [0.3, 0.4) is 0 Å². The molecule has 0 aliphatic carbocycles. The highest BCUT2D eigenvalue weighted by molar-refractivity contribution is 5.99. The van der Waals surface area contributed by atoms with Crippen LogP contribution in [-0.4, -0.2) is 60.0 Å². The summed E-state index contributed by atoms with van der Waals surface area (Å²) in [5.41, 5.74) is 4.47. The number of hydrogen-bond donors (Lipinski definition) is 6. The maximum absolute atomic E-state index is 13.4. The first-order chi connectivity index (χ1) is 30.8. The lowest BCUT2D eigenvalue weighted by molar-refractivity contribution is -0.127. The summed E-state index contributed by atoms with van der Waals surface area (Å²) in [4.78, 5) is 77.2. The number of amides is 6. The molecule has 1 spiro atoms. The molecule has 0 saturated carbocycles. The van der Waals surface area contributed by atoms with Gasteiger partial charge in [0.15, 0.2) is 5.60 Å². The number of carbonyl (C=O) groups excluding carboxylic acids is 6. The summed E-state index contributed by atoms with van der Waals surface area (Å²) in [5.74, 6) is -1.49. The molecule has 5 aromatic carbocycles. The number of nitrogens with one attached hydrogen (secondary N) is 6. The summed E-state index contributed by atoms with van der Waals surface area (Å²) < 4.78 is 23.5. The molecule has 16 heteroatoms. The third-order valence-electron chi connectivity index (χ3n) is 10.7. The van der Waals surface area contributed by atoms with Gasteiger partial charge in [-0.15, -0.1) is 0 Å². The zero-order chi connectivity index (χ0) is 45.4. The van der Waals surface area contributed by atoms with Crippen molar-refractivity contribution in [2.45, 2.75) is 77.3 Å². The van der Waals surface area contributed by atoms with Gasteiger partial charge in [0.25, 0.3) is 0 Å². The molecule has 6 N–H and O–H groups in total. The van der Waals surface area contributed by atoms with Crippen molar-refractivity contribution in [2.75, 3.05) is 10.6 Å². The molecule has 0 unspecified atom stereocenters. The van der Waals surface area contributed by atoms with Crippen molar-refractivity contribution in [3.8, 4) is 11.5 Å². The molecule has 2 aliphatic rings. The summed E-state index contributed by atoms with van der Waals surface area (Å²) in [5, 5.41) is 15.8. The molecule has 64 heavy (non-hydrogen) atoms. The third-order valence-corrected chi connectivity index (χ3v) is 10.7. The number of fused-ring (bicyclic) bond motifs is 6. The largest absolute Gasteiger partial charge is 0.456 e. The van der Waals surface area contributed by atoms with Crippen molar-refractivity contribution < 1.29 is 47.7 Å². The van der Waals surface area contributed by atoms with Crippen molar-refractivity contribution >= 4 is 47.2 Å². The van der Waals surface area contributed by atoms with Gasteiger partial charge in [-0.25, -0.2) is 9.59 Å². The van der Waals surface area contributed by atoms with E-state index >= 15 is 0 Å². The number of carbonyl (C=O) groups is 6. The first-order valence-electron chi connectivity index (χ1n) is 20.7. The molecule has 4 atom stereocenters. The van der Waals surface area contributed by atoms with Crippen LogP contribution in [0.15, 0.2) is 121 Å². The summed E-state index contributed by atoms with van der Waals surface area (Å²) in [6, 6.07) is 32.4. The fourth-order valence-corrected chi connectivity index (χ4v) is 7.24. The van der Waals surface area contributed by atoms with E-state index in [9.17, 15) is 28.8 Å². The minimum absolute atomic E-state index is 0.0325. The first-order valence-corrected chi connectivity index (χ1v) is 20.7. The Bertz CT molecular complexity index is 2410. The predicted octanol–water partition coefficient (Wildman–Crippen LogP) is 6.13. The molecule has 0 radical (unpaired) electrons. The molecule has 16 nitrogen and oxygen atoms in total. The van der Waals surface area contributed by atoms with Crippen LogP contribution in [0.2, 0.25) is 0 Å². The van der Waals surface area contributed by atoms with Crippen molar-refractivity contribution in [2.24, 2.45) is 0 Å². The molecule has 6 amide bonds. The highest BCUT2D eigenvalue weighted by atomic mass is 16.6. The normalized spacial score (nSPS) is 14.6. The topological polar surface area (TPSA) is 212 Å². The highest BCUT2D eigenvalue weighted by Crippen LogP contribution is 2.56. The molecule has 0 aromatic heterocycles. The van der Waals surface area contributed by atoms with E-state index in [0.717, 1.165) is 22.3 Å². The number of hydrogen-bond acceptors (Lipinski definition) is 10. The summed E-state index contributed by atoms with van der Waals surface area (Å²) >= 11 is 0. The van der Waals surface area contributed by atoms with Gasteiger partial charge in [0.1, 0.15) is 48.9 Å². The van der Waals surface area contributed by atoms with Gasteiger partial charge in [0.05, 0.1) is 6.61 Å². The van der Waals surface area contributed by atoms with Crippen LogP contribution >= 0.6 is 0 Å². The van der Waals surface area contributed by atoms with Crippen LogP contribution in [0.4, 0.5) is 21.0 Å². The minimum Gasteiger partial charge on any atom is -0.456 e. The van der Waals surface area contributed by atoms with Crippen LogP contribution < -0.4 is 36.6 Å². The predicted molar refractivity (Wildman–Crippen MR) is 235 cm³/mol. The van der Waals surface area contributed by atoms with Gasteiger partial charge in [-0.1, -0.05) is 84.9 Å². The Morgan fingerprint density at radius 1 is 0.516 bits per heavy atom. The average molecular weight is 869 g/mol. The maximum atomic E-state index is 13.4. The minimum atomic E-state index is -1.09. The Morgan fingerprint density at radius 2 is 0.938 bits per heavy atom. The lowest BCUT2D eigenvalue weighted by Crippen LogP contribution is -2.50. The van der Waals surface area contributed by atoms with Gasteiger partial charge in [-0.05, 0) is 74.2 Å². The molecule has 5 aromatic rings. The Labute approximate surface area is 369 Å². The quantitative estimate of drug-likeness (QED) is 0.0752. The van der Waals surface area contributed by atoms with Crippen LogP contribution in [0, 0.1) is 0 Å². The third kappa shape index (κ3) is 10.1. The number of rotatable bonds is 14. The summed E-state index contributed by atoms with van der Waals surface area (Å²) in [6.45, 7) is 6.37. The van der Waals surface area contributed by atoms with E-state index in [1.807, 2.05) is 72.8 Å². The van der Waals surface area contributed by atoms with E-state index in [0.29, 0.717) is 40.6 Å². The van der Waals surface area contributed by atoms with Crippen LogP contribution in [0.25, 0.3) is 0 Å². The van der Waals surface area contributed by atoms with Gasteiger partial charge in [-0.3, -0.25) is 19.2 Å². The molecule has 0 fully saturated rings. The molecule has 0 bridgehead atoms. The second-order valence-corrected chi connectivity index (χ2v) is 15.4. The smallest absolute Gasteiger partial charge is 0.408 e. The highest BCUT2D eigenvalue weighted by Gasteiger charge is 2.49. The van der Waals surface area contributed by atoms with Crippen LogP contribution in [0.5, 0.6) is 11.5 Å². The second kappa shape index (κ2) is 19.5. The van der Waals surface area contributed by atoms with E-state index in [4.69, 9.17) is 18.9 Å². The fourth-order valence-electron chi connectivity index (χ4n) is 7.24. The van der Waals surface area contributed by atoms with Gasteiger partial charge < -0.3 is 50.8 Å². The summed E-state index contributed by atoms with van der Waals surface area (Å²) in [6.07, 6.45) is -1.56. The zero-order valence-electron chi connectivity index (χ0n) is 35.6. The number of alkyl carbamates (subject to hydrolysis) is 2. The Balaban J connectivity index is 0.997. The second-order valence-electron chi connectivity index (χ2n) is 15.4. The van der Waals surface area contributed by atoms with E-state index in [1.54, 1.807) is 48.5 Å². The first kappa shape index (κ1) is 44.3. The molecule has 2 heterocycles. The number of ether oxygens (including phenoxy) is 4. The van der Waals surface area contributed by atoms with E-state index in [1.165, 1.54) is 27.7 Å². The lowest BCUT2D eigenvalue weighted by atomic mass is 9.77. The summed E-state index contributed by atoms with van der Waals surface area (Å²) in [7, 11) is 0. The molecule has 330 valence electrons. The van der Waals surface area contributed by atoms with Crippen molar-refractivity contribution in [3.05, 3.63) is 155 Å².